The van der Waals surface area contributed by atoms with Crippen molar-refractivity contribution in [3.63, 3.8) is 0 Å². The number of hydrogen-bond donors (Lipinski definition) is 1. The van der Waals surface area contributed by atoms with Crippen LogP contribution >= 0.6 is 0 Å². The van der Waals surface area contributed by atoms with Gasteiger partial charge in [-0.1, -0.05) is 12.1 Å². The predicted molar refractivity (Wildman–Crippen MR) is 103 cm³/mol. The number of nitrogens with one attached hydrogen (secondary N) is 1. The summed E-state index contributed by atoms with van der Waals surface area (Å²) in [5.41, 5.74) is 2.15. The van der Waals surface area contributed by atoms with Gasteiger partial charge in [0.05, 0.1) is 30.9 Å². The lowest BCUT2D eigenvalue weighted by Gasteiger charge is -2.14. The van der Waals surface area contributed by atoms with Crippen LogP contribution in [0.5, 0.6) is 5.75 Å². The van der Waals surface area contributed by atoms with E-state index in [1.165, 1.54) is 0 Å². The fourth-order valence-corrected chi connectivity index (χ4v) is 3.01. The summed E-state index contributed by atoms with van der Waals surface area (Å²) < 4.78 is 12.6. The number of hydrogen-bond acceptors (Lipinski definition) is 6. The molecule has 1 N–H and O–H groups in total. The summed E-state index contributed by atoms with van der Waals surface area (Å²) in [4.78, 5) is 21.4. The van der Waals surface area contributed by atoms with E-state index in [4.69, 9.17) is 9.15 Å². The molecule has 2 aromatic heterocycles. The van der Waals surface area contributed by atoms with E-state index in [2.05, 4.69) is 15.3 Å². The van der Waals surface area contributed by atoms with Crippen LogP contribution in [-0.4, -0.2) is 27.7 Å². The first-order valence-electron chi connectivity index (χ1n) is 8.75. The van der Waals surface area contributed by atoms with Crippen molar-refractivity contribution < 1.29 is 9.15 Å². The highest BCUT2D eigenvalue weighted by molar-refractivity contribution is 5.77. The second kappa shape index (κ2) is 7.20. The maximum atomic E-state index is 12.6. The molecule has 0 saturated carbocycles. The van der Waals surface area contributed by atoms with Crippen molar-refractivity contribution in [3.05, 3.63) is 65.0 Å². The molecule has 27 heavy (non-hydrogen) atoms. The van der Waals surface area contributed by atoms with Crippen LogP contribution in [0.2, 0.25) is 0 Å². The van der Waals surface area contributed by atoms with Crippen molar-refractivity contribution in [2.75, 3.05) is 7.11 Å². The summed E-state index contributed by atoms with van der Waals surface area (Å²) in [6.45, 7) is 2.98. The second-order valence-electron chi connectivity index (χ2n) is 6.44. The summed E-state index contributed by atoms with van der Waals surface area (Å²) in [7, 11) is 1.62. The largest absolute Gasteiger partial charge is 0.497 e. The lowest BCUT2D eigenvalue weighted by Crippen LogP contribution is -2.34. The van der Waals surface area contributed by atoms with E-state index in [1.54, 1.807) is 24.1 Å². The van der Waals surface area contributed by atoms with Gasteiger partial charge in [-0.15, -0.1) is 0 Å². The minimum absolute atomic E-state index is 0.0372. The van der Waals surface area contributed by atoms with Crippen molar-refractivity contribution in [3.8, 4) is 5.75 Å². The van der Waals surface area contributed by atoms with Gasteiger partial charge in [-0.05, 0) is 31.2 Å². The Labute approximate surface area is 155 Å². The third-order valence-corrected chi connectivity index (χ3v) is 4.44. The first-order chi connectivity index (χ1) is 13.1. The van der Waals surface area contributed by atoms with Crippen LogP contribution in [0.15, 0.2) is 58.0 Å². The number of oxazole rings is 1. The molecular weight excluding hydrogens is 344 g/mol. The SMILES string of the molecule is COc1ccc2oc(CN[C@@H](C)Cn3cnc4ccccc4c3=O)nc2c1. The molecule has 0 amide bonds. The fourth-order valence-electron chi connectivity index (χ4n) is 3.01. The van der Waals surface area contributed by atoms with E-state index in [-0.39, 0.29) is 11.6 Å². The normalized spacial score (nSPS) is 12.5. The Hall–Kier alpha value is -3.19. The standard InChI is InChI=1S/C20H20N4O3/c1-13(11-24-12-22-16-6-4-3-5-15(16)20(24)25)21-10-19-23-17-9-14(26-2)7-8-18(17)27-19/h3-9,12-13,21H,10-11H2,1-2H3/t13-/m0/s1. The van der Waals surface area contributed by atoms with Crippen molar-refractivity contribution in [1.82, 2.24) is 19.9 Å². The molecule has 1 atom stereocenters. The maximum Gasteiger partial charge on any atom is 0.261 e. The molecule has 4 rings (SSSR count). The third kappa shape index (κ3) is 3.54. The number of para-hydroxylation sites is 1. The average Bonchev–Trinajstić information content (AvgIpc) is 3.11. The molecule has 2 heterocycles. The van der Waals surface area contributed by atoms with Gasteiger partial charge in [-0.2, -0.15) is 0 Å². The van der Waals surface area contributed by atoms with Crippen LogP contribution < -0.4 is 15.6 Å². The van der Waals surface area contributed by atoms with E-state index >= 15 is 0 Å². The van der Waals surface area contributed by atoms with E-state index in [1.807, 2.05) is 43.3 Å². The first-order valence-corrected chi connectivity index (χ1v) is 8.75. The van der Waals surface area contributed by atoms with Crippen LogP contribution in [-0.2, 0) is 13.1 Å². The van der Waals surface area contributed by atoms with Crippen molar-refractivity contribution >= 4 is 22.0 Å². The highest BCUT2D eigenvalue weighted by Gasteiger charge is 2.11. The molecule has 4 aromatic rings. The van der Waals surface area contributed by atoms with Gasteiger partial charge < -0.3 is 14.5 Å². The number of aromatic nitrogens is 3. The summed E-state index contributed by atoms with van der Waals surface area (Å²) in [5, 5.41) is 3.96. The number of methoxy groups -OCH3 is 1. The van der Waals surface area contributed by atoms with Gasteiger partial charge in [-0.25, -0.2) is 9.97 Å². The smallest absolute Gasteiger partial charge is 0.261 e. The molecular formula is C20H20N4O3. The van der Waals surface area contributed by atoms with Gasteiger partial charge in [0, 0.05) is 18.7 Å². The summed E-state index contributed by atoms with van der Waals surface area (Å²) in [6.07, 6.45) is 1.59. The van der Waals surface area contributed by atoms with Gasteiger partial charge in [0.1, 0.15) is 11.3 Å². The molecule has 2 aromatic carbocycles. The lowest BCUT2D eigenvalue weighted by molar-refractivity contribution is 0.415. The lowest BCUT2D eigenvalue weighted by atomic mass is 10.2. The van der Waals surface area contributed by atoms with Gasteiger partial charge >= 0.3 is 0 Å². The fraction of sp³-hybridized carbons (Fsp3) is 0.250. The summed E-state index contributed by atoms with van der Waals surface area (Å²) in [6, 6.07) is 12.9. The number of fused-ring (bicyclic) bond motifs is 2. The van der Waals surface area contributed by atoms with Crippen LogP contribution in [0.4, 0.5) is 0 Å². The molecule has 0 aliphatic carbocycles. The van der Waals surface area contributed by atoms with Gasteiger partial charge in [0.15, 0.2) is 5.58 Å². The Balaban J connectivity index is 1.45. The first kappa shape index (κ1) is 17.2. The van der Waals surface area contributed by atoms with Crippen LogP contribution in [0.25, 0.3) is 22.0 Å². The van der Waals surface area contributed by atoms with E-state index < -0.39 is 0 Å². The topological polar surface area (TPSA) is 82.2 Å². The molecule has 7 nitrogen and oxygen atoms in total. The molecule has 0 bridgehead atoms. The zero-order valence-corrected chi connectivity index (χ0v) is 15.2. The van der Waals surface area contributed by atoms with Crippen LogP contribution in [0.3, 0.4) is 0 Å². The Morgan fingerprint density at radius 1 is 1.22 bits per heavy atom. The highest BCUT2D eigenvalue weighted by atomic mass is 16.5. The zero-order valence-electron chi connectivity index (χ0n) is 15.2. The predicted octanol–water partition coefficient (Wildman–Crippen LogP) is 2.72. The van der Waals surface area contributed by atoms with E-state index in [0.29, 0.717) is 29.9 Å². The molecule has 0 aliphatic rings. The third-order valence-electron chi connectivity index (χ3n) is 4.44. The minimum atomic E-state index is -0.0387. The molecule has 0 saturated heterocycles. The number of rotatable bonds is 6. The van der Waals surface area contributed by atoms with E-state index in [9.17, 15) is 4.79 Å². The zero-order chi connectivity index (χ0) is 18.8. The summed E-state index contributed by atoms with van der Waals surface area (Å²) >= 11 is 0. The van der Waals surface area contributed by atoms with Crippen molar-refractivity contribution in [2.45, 2.75) is 26.1 Å². The average molecular weight is 364 g/mol. The molecule has 0 fully saturated rings. The Bertz CT molecular complexity index is 1150. The van der Waals surface area contributed by atoms with Crippen LogP contribution in [0.1, 0.15) is 12.8 Å². The quantitative estimate of drug-likeness (QED) is 0.566. The maximum absolute atomic E-state index is 12.6. The second-order valence-corrected chi connectivity index (χ2v) is 6.44. The molecule has 0 unspecified atom stereocenters. The van der Waals surface area contributed by atoms with Crippen molar-refractivity contribution in [2.24, 2.45) is 0 Å². The Morgan fingerprint density at radius 3 is 2.93 bits per heavy atom. The summed E-state index contributed by atoms with van der Waals surface area (Å²) in [5.74, 6) is 1.33. The van der Waals surface area contributed by atoms with E-state index in [0.717, 1.165) is 16.8 Å². The van der Waals surface area contributed by atoms with Crippen molar-refractivity contribution in [1.29, 1.82) is 0 Å². The van der Waals surface area contributed by atoms with Gasteiger partial charge in [0.25, 0.3) is 5.56 Å². The number of benzene rings is 2. The number of ether oxygens (including phenoxy) is 1. The molecule has 0 radical (unpaired) electrons. The Kier molecular flexibility index (Phi) is 4.60. The monoisotopic (exact) mass is 364 g/mol. The minimum Gasteiger partial charge on any atom is -0.497 e. The molecule has 0 spiro atoms. The molecule has 0 aliphatic heterocycles. The van der Waals surface area contributed by atoms with Gasteiger partial charge in [-0.3, -0.25) is 9.36 Å². The Morgan fingerprint density at radius 2 is 2.07 bits per heavy atom. The molecule has 138 valence electrons. The molecule has 7 heteroatoms. The number of nitrogens with zero attached hydrogens (tertiary/aromatic N) is 3. The highest BCUT2D eigenvalue weighted by Crippen LogP contribution is 2.21. The van der Waals surface area contributed by atoms with Gasteiger partial charge in [0.2, 0.25) is 5.89 Å². The van der Waals surface area contributed by atoms with Crippen LogP contribution in [0, 0.1) is 0 Å².